The molecule has 0 saturated heterocycles. The summed E-state index contributed by atoms with van der Waals surface area (Å²) < 4.78 is 10.2. The lowest BCUT2D eigenvalue weighted by molar-refractivity contribution is -0.121. The molecule has 0 heterocycles. The molecule has 1 N–H and O–H groups in total. The van der Waals surface area contributed by atoms with E-state index in [2.05, 4.69) is 5.32 Å². The smallest absolute Gasteiger partial charge is 0.223 e. The molecule has 1 aromatic carbocycles. The van der Waals surface area contributed by atoms with Crippen molar-refractivity contribution < 1.29 is 19.1 Å². The molecular formula is C16H24N2O4. The van der Waals surface area contributed by atoms with Gasteiger partial charge in [0.1, 0.15) is 5.75 Å². The summed E-state index contributed by atoms with van der Waals surface area (Å²) in [4.78, 5) is 25.0. The van der Waals surface area contributed by atoms with Gasteiger partial charge in [0, 0.05) is 39.2 Å². The van der Waals surface area contributed by atoms with Gasteiger partial charge in [-0.25, -0.2) is 0 Å². The molecule has 0 unspecified atom stereocenters. The summed E-state index contributed by atoms with van der Waals surface area (Å²) in [6.07, 6.45) is 0.247. The van der Waals surface area contributed by atoms with Gasteiger partial charge in [0.2, 0.25) is 11.8 Å². The third-order valence-corrected chi connectivity index (χ3v) is 3.03. The second-order valence-corrected chi connectivity index (χ2v) is 4.69. The molecule has 0 aliphatic rings. The Morgan fingerprint density at radius 2 is 1.91 bits per heavy atom. The van der Waals surface area contributed by atoms with Crippen LogP contribution < -0.4 is 15.0 Å². The fourth-order valence-corrected chi connectivity index (χ4v) is 1.95. The molecule has 0 atom stereocenters. The summed E-state index contributed by atoms with van der Waals surface area (Å²) in [7, 11) is 1.58. The highest BCUT2D eigenvalue weighted by molar-refractivity contribution is 5.92. The van der Waals surface area contributed by atoms with E-state index in [4.69, 9.17) is 9.47 Å². The molecule has 0 fully saturated rings. The molecule has 1 rings (SSSR count). The van der Waals surface area contributed by atoms with Crippen LogP contribution in [0.4, 0.5) is 5.69 Å². The molecule has 122 valence electrons. The summed E-state index contributed by atoms with van der Waals surface area (Å²) in [5.74, 6) is 0.551. The normalized spacial score (nSPS) is 10.1. The summed E-state index contributed by atoms with van der Waals surface area (Å²) >= 11 is 0. The van der Waals surface area contributed by atoms with Crippen LogP contribution in [0, 0.1) is 0 Å². The zero-order chi connectivity index (χ0) is 16.4. The zero-order valence-electron chi connectivity index (χ0n) is 13.4. The number of hydrogen-bond donors (Lipinski definition) is 1. The molecule has 0 aliphatic heterocycles. The van der Waals surface area contributed by atoms with Crippen molar-refractivity contribution in [3.8, 4) is 5.75 Å². The second-order valence-electron chi connectivity index (χ2n) is 4.69. The molecule has 0 aromatic heterocycles. The molecule has 1 aromatic rings. The van der Waals surface area contributed by atoms with E-state index in [1.807, 2.05) is 31.2 Å². The van der Waals surface area contributed by atoms with Crippen LogP contribution in [0.1, 0.15) is 20.3 Å². The number of ether oxygens (including phenoxy) is 2. The first-order chi connectivity index (χ1) is 10.6. The van der Waals surface area contributed by atoms with Gasteiger partial charge in [0.05, 0.1) is 13.2 Å². The van der Waals surface area contributed by atoms with Crippen LogP contribution in [-0.4, -0.2) is 45.2 Å². The van der Waals surface area contributed by atoms with E-state index in [0.29, 0.717) is 26.3 Å². The van der Waals surface area contributed by atoms with Gasteiger partial charge >= 0.3 is 0 Å². The lowest BCUT2D eigenvalue weighted by Crippen LogP contribution is -2.34. The van der Waals surface area contributed by atoms with Gasteiger partial charge in [-0.1, -0.05) is 0 Å². The van der Waals surface area contributed by atoms with E-state index < -0.39 is 0 Å². The maximum absolute atomic E-state index is 11.8. The van der Waals surface area contributed by atoms with Gasteiger partial charge in [-0.05, 0) is 31.2 Å². The van der Waals surface area contributed by atoms with Crippen molar-refractivity contribution in [2.75, 3.05) is 38.3 Å². The maximum Gasteiger partial charge on any atom is 0.223 e. The Kier molecular flexibility index (Phi) is 7.99. The first-order valence-corrected chi connectivity index (χ1v) is 7.35. The zero-order valence-corrected chi connectivity index (χ0v) is 13.4. The molecule has 6 nitrogen and oxygen atoms in total. The third-order valence-electron chi connectivity index (χ3n) is 3.03. The number of hydrogen-bond acceptors (Lipinski definition) is 4. The van der Waals surface area contributed by atoms with Crippen LogP contribution in [0.2, 0.25) is 0 Å². The molecule has 2 amide bonds. The first kappa shape index (κ1) is 18.0. The first-order valence-electron chi connectivity index (χ1n) is 7.35. The van der Waals surface area contributed by atoms with Gasteiger partial charge < -0.3 is 19.7 Å². The van der Waals surface area contributed by atoms with Crippen LogP contribution in [-0.2, 0) is 14.3 Å². The van der Waals surface area contributed by atoms with E-state index in [0.717, 1.165) is 11.4 Å². The summed E-state index contributed by atoms with van der Waals surface area (Å²) in [5, 5.41) is 2.73. The van der Waals surface area contributed by atoms with Crippen molar-refractivity contribution in [1.82, 2.24) is 5.32 Å². The van der Waals surface area contributed by atoms with Crippen LogP contribution in [0.25, 0.3) is 0 Å². The molecular weight excluding hydrogens is 284 g/mol. The summed E-state index contributed by atoms with van der Waals surface area (Å²) in [6.45, 7) is 5.27. The highest BCUT2D eigenvalue weighted by atomic mass is 16.5. The Morgan fingerprint density at radius 1 is 1.23 bits per heavy atom. The molecule has 0 radical (unpaired) electrons. The Morgan fingerprint density at radius 3 is 2.45 bits per heavy atom. The van der Waals surface area contributed by atoms with E-state index in [1.165, 1.54) is 6.92 Å². The highest BCUT2D eigenvalue weighted by Gasteiger charge is 2.13. The van der Waals surface area contributed by atoms with Gasteiger partial charge in [-0.2, -0.15) is 0 Å². The molecule has 22 heavy (non-hydrogen) atoms. The topological polar surface area (TPSA) is 67.9 Å². The molecule has 0 saturated carbocycles. The predicted octanol–water partition coefficient (Wildman–Crippen LogP) is 1.59. The predicted molar refractivity (Wildman–Crippen MR) is 85.1 cm³/mol. The van der Waals surface area contributed by atoms with Crippen molar-refractivity contribution in [2.45, 2.75) is 20.3 Å². The average molecular weight is 308 g/mol. The van der Waals surface area contributed by atoms with Crippen LogP contribution in [0.15, 0.2) is 24.3 Å². The number of carbonyl (C=O) groups is 2. The molecule has 0 spiro atoms. The lowest BCUT2D eigenvalue weighted by Gasteiger charge is -2.21. The number of benzene rings is 1. The SMILES string of the molecule is CCOc1ccc(N(CCC(=O)NCCOC)C(C)=O)cc1. The Balaban J connectivity index is 2.58. The fourth-order valence-electron chi connectivity index (χ4n) is 1.95. The van der Waals surface area contributed by atoms with Crippen molar-refractivity contribution in [3.63, 3.8) is 0 Å². The van der Waals surface area contributed by atoms with E-state index in [1.54, 1.807) is 12.0 Å². The monoisotopic (exact) mass is 308 g/mol. The van der Waals surface area contributed by atoms with Crippen molar-refractivity contribution in [2.24, 2.45) is 0 Å². The minimum Gasteiger partial charge on any atom is -0.494 e. The minimum absolute atomic E-state index is 0.103. The number of methoxy groups -OCH3 is 1. The van der Waals surface area contributed by atoms with E-state index in [-0.39, 0.29) is 18.2 Å². The van der Waals surface area contributed by atoms with E-state index in [9.17, 15) is 9.59 Å². The summed E-state index contributed by atoms with van der Waals surface area (Å²) in [6, 6.07) is 7.26. The number of nitrogens with zero attached hydrogens (tertiary/aromatic N) is 1. The number of nitrogens with one attached hydrogen (secondary N) is 1. The molecule has 0 bridgehead atoms. The van der Waals surface area contributed by atoms with Crippen LogP contribution in [0.3, 0.4) is 0 Å². The highest BCUT2D eigenvalue weighted by Crippen LogP contribution is 2.20. The Bertz CT molecular complexity index is 474. The average Bonchev–Trinajstić information content (AvgIpc) is 2.49. The Labute approximate surface area is 131 Å². The van der Waals surface area contributed by atoms with Gasteiger partial charge in [0.25, 0.3) is 0 Å². The fraction of sp³-hybridized carbons (Fsp3) is 0.500. The van der Waals surface area contributed by atoms with Crippen molar-refractivity contribution >= 4 is 17.5 Å². The van der Waals surface area contributed by atoms with Crippen LogP contribution >= 0.6 is 0 Å². The number of carbonyl (C=O) groups excluding carboxylic acids is 2. The van der Waals surface area contributed by atoms with E-state index >= 15 is 0 Å². The van der Waals surface area contributed by atoms with Crippen LogP contribution in [0.5, 0.6) is 5.75 Å². The summed E-state index contributed by atoms with van der Waals surface area (Å²) in [5.41, 5.74) is 0.751. The standard InChI is InChI=1S/C16H24N2O4/c1-4-22-15-7-5-14(6-8-15)18(13(2)19)11-9-16(20)17-10-12-21-3/h5-8H,4,9-12H2,1-3H3,(H,17,20). The van der Waals surface area contributed by atoms with Gasteiger partial charge in [0.15, 0.2) is 0 Å². The maximum atomic E-state index is 11.8. The molecule has 0 aliphatic carbocycles. The largest absolute Gasteiger partial charge is 0.494 e. The Hall–Kier alpha value is -2.08. The van der Waals surface area contributed by atoms with Crippen molar-refractivity contribution in [3.05, 3.63) is 24.3 Å². The lowest BCUT2D eigenvalue weighted by atomic mass is 10.2. The van der Waals surface area contributed by atoms with Gasteiger partial charge in [-0.3, -0.25) is 9.59 Å². The van der Waals surface area contributed by atoms with Crippen molar-refractivity contribution in [1.29, 1.82) is 0 Å². The molecule has 6 heteroatoms. The second kappa shape index (κ2) is 9.78. The number of amides is 2. The van der Waals surface area contributed by atoms with Gasteiger partial charge in [-0.15, -0.1) is 0 Å². The number of anilines is 1. The third kappa shape index (κ3) is 6.13. The quantitative estimate of drug-likeness (QED) is 0.704. The number of rotatable bonds is 9. The minimum atomic E-state index is -0.103.